The molecule has 3 N–H and O–H groups in total. The van der Waals surface area contributed by atoms with Gasteiger partial charge < -0.3 is 10.8 Å². The van der Waals surface area contributed by atoms with Crippen molar-refractivity contribution in [3.63, 3.8) is 0 Å². The van der Waals surface area contributed by atoms with E-state index in [1.807, 2.05) is 17.8 Å². The molecule has 1 aromatic heterocycles. The molecule has 1 rings (SSSR count). The zero-order valence-corrected chi connectivity index (χ0v) is 9.01. The number of aliphatic hydroxyl groups excluding tert-OH is 1. The minimum absolute atomic E-state index is 0.00796. The molecule has 0 aliphatic carbocycles. The Hall–Kier alpha value is -0.870. The Balaban J connectivity index is 2.94. The summed E-state index contributed by atoms with van der Waals surface area (Å²) in [5, 5.41) is 13.2. The normalized spacial score (nSPS) is 15.9. The molecule has 0 bridgehead atoms. The number of rotatable bonds is 4. The number of nitrogens with zero attached hydrogens (tertiary/aromatic N) is 2. The predicted molar refractivity (Wildman–Crippen MR) is 55.8 cm³/mol. The third-order valence-electron chi connectivity index (χ3n) is 2.59. The van der Waals surface area contributed by atoms with E-state index in [1.54, 1.807) is 6.20 Å². The predicted octanol–water partition coefficient (Wildman–Crippen LogP) is 0.479. The maximum Gasteiger partial charge on any atom is 0.0589 e. The Morgan fingerprint density at radius 3 is 2.57 bits per heavy atom. The number of aliphatic hydroxyl groups is 1. The van der Waals surface area contributed by atoms with Gasteiger partial charge in [-0.1, -0.05) is 13.8 Å². The molecule has 0 aliphatic heterocycles. The maximum absolute atomic E-state index is 9.09. The number of nitrogens with two attached hydrogens (primary N) is 1. The van der Waals surface area contributed by atoms with Crippen LogP contribution in [0, 0.1) is 5.92 Å². The van der Waals surface area contributed by atoms with E-state index in [0.717, 1.165) is 5.69 Å². The lowest BCUT2D eigenvalue weighted by Crippen LogP contribution is -2.36. The lowest BCUT2D eigenvalue weighted by atomic mass is 9.86. The summed E-state index contributed by atoms with van der Waals surface area (Å²) < 4.78 is 1.82. The van der Waals surface area contributed by atoms with Crippen LogP contribution >= 0.6 is 0 Å². The Morgan fingerprint density at radius 1 is 1.57 bits per heavy atom. The standard InChI is InChI=1S/C10H19N3O/c1-7(2)10(8(11)6-14)9-4-5-12-13(9)3/h4-5,7-8,10,14H,6,11H2,1-3H3. The number of aryl methyl sites for hydroxylation is 1. The summed E-state index contributed by atoms with van der Waals surface area (Å²) in [6.45, 7) is 4.22. The molecule has 0 aliphatic rings. The zero-order valence-electron chi connectivity index (χ0n) is 9.01. The summed E-state index contributed by atoms with van der Waals surface area (Å²) in [7, 11) is 1.90. The summed E-state index contributed by atoms with van der Waals surface area (Å²) >= 11 is 0. The van der Waals surface area contributed by atoms with Gasteiger partial charge in [-0.15, -0.1) is 0 Å². The van der Waals surface area contributed by atoms with Crippen LogP contribution in [0.3, 0.4) is 0 Å². The zero-order chi connectivity index (χ0) is 10.7. The molecule has 4 heteroatoms. The van der Waals surface area contributed by atoms with Gasteiger partial charge in [0.1, 0.15) is 0 Å². The molecule has 0 saturated carbocycles. The first-order chi connectivity index (χ1) is 6.57. The molecular formula is C10H19N3O. The van der Waals surface area contributed by atoms with Gasteiger partial charge >= 0.3 is 0 Å². The molecule has 0 radical (unpaired) electrons. The van der Waals surface area contributed by atoms with E-state index in [0.29, 0.717) is 5.92 Å². The third-order valence-corrected chi connectivity index (χ3v) is 2.59. The minimum atomic E-state index is -0.217. The summed E-state index contributed by atoms with van der Waals surface area (Å²) in [4.78, 5) is 0. The fourth-order valence-corrected chi connectivity index (χ4v) is 1.88. The second-order valence-electron chi connectivity index (χ2n) is 4.00. The van der Waals surface area contributed by atoms with E-state index in [2.05, 4.69) is 18.9 Å². The van der Waals surface area contributed by atoms with Crippen molar-refractivity contribution in [2.75, 3.05) is 6.61 Å². The Kier molecular flexibility index (Phi) is 3.66. The topological polar surface area (TPSA) is 64.1 Å². The second-order valence-corrected chi connectivity index (χ2v) is 4.00. The fraction of sp³-hybridized carbons (Fsp3) is 0.700. The summed E-state index contributed by atoms with van der Waals surface area (Å²) in [5.41, 5.74) is 6.97. The van der Waals surface area contributed by atoms with E-state index >= 15 is 0 Å². The molecule has 80 valence electrons. The molecule has 1 heterocycles. The van der Waals surface area contributed by atoms with Crippen LogP contribution in [0.1, 0.15) is 25.5 Å². The highest BCUT2D eigenvalue weighted by Gasteiger charge is 2.24. The van der Waals surface area contributed by atoms with Gasteiger partial charge in [0.05, 0.1) is 6.61 Å². The Morgan fingerprint density at radius 2 is 2.21 bits per heavy atom. The molecule has 4 nitrogen and oxygen atoms in total. The van der Waals surface area contributed by atoms with Crippen molar-refractivity contribution in [2.45, 2.75) is 25.8 Å². The van der Waals surface area contributed by atoms with Gasteiger partial charge in [-0.25, -0.2) is 0 Å². The van der Waals surface area contributed by atoms with Crippen molar-refractivity contribution < 1.29 is 5.11 Å². The first-order valence-electron chi connectivity index (χ1n) is 4.92. The molecule has 1 aromatic rings. The van der Waals surface area contributed by atoms with Gasteiger partial charge in [0.2, 0.25) is 0 Å². The van der Waals surface area contributed by atoms with Gasteiger partial charge in [-0.2, -0.15) is 5.10 Å². The Bertz CT molecular complexity index is 283. The number of hydrogen-bond acceptors (Lipinski definition) is 3. The summed E-state index contributed by atoms with van der Waals surface area (Å²) in [6, 6.07) is 1.74. The van der Waals surface area contributed by atoms with Crippen LogP contribution in [0.2, 0.25) is 0 Å². The van der Waals surface area contributed by atoms with Gasteiger partial charge in [0.15, 0.2) is 0 Å². The summed E-state index contributed by atoms with van der Waals surface area (Å²) in [5.74, 6) is 0.556. The molecule has 2 atom stereocenters. The minimum Gasteiger partial charge on any atom is -0.395 e. The van der Waals surface area contributed by atoms with E-state index in [4.69, 9.17) is 10.8 Å². The van der Waals surface area contributed by atoms with Crippen LogP contribution < -0.4 is 5.73 Å². The SMILES string of the molecule is CC(C)C(c1ccnn1C)C(N)CO. The van der Waals surface area contributed by atoms with Gasteiger partial charge in [0, 0.05) is 30.9 Å². The smallest absolute Gasteiger partial charge is 0.0589 e. The van der Waals surface area contributed by atoms with Crippen molar-refractivity contribution in [2.24, 2.45) is 18.7 Å². The third kappa shape index (κ3) is 2.13. The van der Waals surface area contributed by atoms with Crippen molar-refractivity contribution in [1.82, 2.24) is 9.78 Å². The maximum atomic E-state index is 9.09. The van der Waals surface area contributed by atoms with Crippen LogP contribution in [-0.4, -0.2) is 27.5 Å². The largest absolute Gasteiger partial charge is 0.395 e. The lowest BCUT2D eigenvalue weighted by Gasteiger charge is -2.26. The highest BCUT2D eigenvalue weighted by molar-refractivity contribution is 5.11. The molecule has 0 amide bonds. The van der Waals surface area contributed by atoms with Crippen molar-refractivity contribution in [3.8, 4) is 0 Å². The van der Waals surface area contributed by atoms with E-state index in [9.17, 15) is 0 Å². The van der Waals surface area contributed by atoms with Gasteiger partial charge in [-0.05, 0) is 12.0 Å². The van der Waals surface area contributed by atoms with E-state index in [1.165, 1.54) is 0 Å². The molecule has 0 fully saturated rings. The molecule has 14 heavy (non-hydrogen) atoms. The monoisotopic (exact) mass is 197 g/mol. The quantitative estimate of drug-likeness (QED) is 0.738. The highest BCUT2D eigenvalue weighted by atomic mass is 16.3. The average Bonchev–Trinajstić information content (AvgIpc) is 2.52. The molecular weight excluding hydrogens is 178 g/mol. The lowest BCUT2D eigenvalue weighted by molar-refractivity contribution is 0.228. The van der Waals surface area contributed by atoms with Crippen molar-refractivity contribution in [1.29, 1.82) is 0 Å². The number of aromatic nitrogens is 2. The molecule has 0 spiro atoms. The van der Waals surface area contributed by atoms with Gasteiger partial charge in [0.25, 0.3) is 0 Å². The van der Waals surface area contributed by atoms with E-state index in [-0.39, 0.29) is 18.6 Å². The van der Waals surface area contributed by atoms with Gasteiger partial charge in [-0.3, -0.25) is 4.68 Å². The fourth-order valence-electron chi connectivity index (χ4n) is 1.88. The van der Waals surface area contributed by atoms with Crippen molar-refractivity contribution >= 4 is 0 Å². The van der Waals surface area contributed by atoms with Crippen molar-refractivity contribution in [3.05, 3.63) is 18.0 Å². The first-order valence-corrected chi connectivity index (χ1v) is 4.92. The first kappa shape index (κ1) is 11.2. The molecule has 0 aromatic carbocycles. The van der Waals surface area contributed by atoms with E-state index < -0.39 is 0 Å². The highest BCUT2D eigenvalue weighted by Crippen LogP contribution is 2.26. The second kappa shape index (κ2) is 4.57. The Labute approximate surface area is 84.7 Å². The van der Waals surface area contributed by atoms with Crippen LogP contribution in [0.15, 0.2) is 12.3 Å². The van der Waals surface area contributed by atoms with Crippen LogP contribution in [0.25, 0.3) is 0 Å². The molecule has 2 unspecified atom stereocenters. The number of hydrogen-bond donors (Lipinski definition) is 2. The summed E-state index contributed by atoms with van der Waals surface area (Å²) in [6.07, 6.45) is 1.76. The average molecular weight is 197 g/mol. The van der Waals surface area contributed by atoms with Crippen LogP contribution in [0.4, 0.5) is 0 Å². The van der Waals surface area contributed by atoms with Crippen LogP contribution in [-0.2, 0) is 7.05 Å². The molecule has 0 saturated heterocycles. The van der Waals surface area contributed by atoms with Crippen LogP contribution in [0.5, 0.6) is 0 Å².